The van der Waals surface area contributed by atoms with Crippen LogP contribution in [0, 0.1) is 24.1 Å². The van der Waals surface area contributed by atoms with Crippen molar-refractivity contribution in [3.05, 3.63) is 116 Å². The average molecular weight is 552 g/mol. The van der Waals surface area contributed by atoms with Crippen molar-refractivity contribution < 1.29 is 17.5 Å². The number of nitrogens with two attached hydrogens (primary N) is 1. The molecule has 0 aromatic heterocycles. The van der Waals surface area contributed by atoms with Crippen LogP contribution in [0.4, 0.5) is 10.1 Å². The minimum Gasteiger partial charge on any atom is -0.439 e. The van der Waals surface area contributed by atoms with Crippen LogP contribution in [-0.4, -0.2) is 8.42 Å². The van der Waals surface area contributed by atoms with E-state index in [4.69, 9.17) is 10.5 Å². The highest BCUT2D eigenvalue weighted by molar-refractivity contribution is 9.10. The quantitative estimate of drug-likeness (QED) is 0.468. The number of hydrogen-bond donors (Lipinski definition) is 1. The molecule has 2 heterocycles. The maximum atomic E-state index is 15.1. The lowest BCUT2D eigenvalue weighted by Crippen LogP contribution is -2.39. The van der Waals surface area contributed by atoms with E-state index < -0.39 is 21.8 Å². The molecule has 35 heavy (non-hydrogen) atoms. The Morgan fingerprint density at radius 2 is 1.91 bits per heavy atom. The van der Waals surface area contributed by atoms with Crippen LogP contribution in [0.3, 0.4) is 0 Å². The summed E-state index contributed by atoms with van der Waals surface area (Å²) in [5, 5.41) is 9.91. The van der Waals surface area contributed by atoms with Gasteiger partial charge >= 0.3 is 0 Å². The minimum atomic E-state index is -4.28. The first-order chi connectivity index (χ1) is 16.7. The Morgan fingerprint density at radius 3 is 2.66 bits per heavy atom. The molecule has 1 atom stereocenters. The summed E-state index contributed by atoms with van der Waals surface area (Å²) in [6, 6.07) is 20.6. The number of sulfonamides is 1. The Kier molecular flexibility index (Phi) is 5.66. The van der Waals surface area contributed by atoms with Gasteiger partial charge in [-0.3, -0.25) is 4.31 Å². The molecule has 0 bridgehead atoms. The van der Waals surface area contributed by atoms with Gasteiger partial charge in [0.2, 0.25) is 5.88 Å². The highest BCUT2D eigenvalue weighted by atomic mass is 79.9. The van der Waals surface area contributed by atoms with E-state index in [1.54, 1.807) is 24.3 Å². The van der Waals surface area contributed by atoms with Crippen LogP contribution in [0.15, 0.2) is 87.6 Å². The van der Waals surface area contributed by atoms with Gasteiger partial charge in [0.05, 0.1) is 18.2 Å². The zero-order chi connectivity index (χ0) is 24.9. The summed E-state index contributed by atoms with van der Waals surface area (Å²) < 4.78 is 51.2. The number of nitriles is 1. The fraction of sp³-hybridized carbons (Fsp3) is 0.115. The molecule has 0 fully saturated rings. The van der Waals surface area contributed by atoms with Gasteiger partial charge in [0, 0.05) is 15.6 Å². The van der Waals surface area contributed by atoms with Gasteiger partial charge in [0.1, 0.15) is 22.4 Å². The topological polar surface area (TPSA) is 96.4 Å². The third-order valence-electron chi connectivity index (χ3n) is 6.04. The van der Waals surface area contributed by atoms with Gasteiger partial charge in [0.15, 0.2) is 5.76 Å². The van der Waals surface area contributed by atoms with E-state index in [0.717, 1.165) is 11.1 Å². The first kappa shape index (κ1) is 23.1. The Morgan fingerprint density at radius 1 is 1.14 bits per heavy atom. The second kappa shape index (κ2) is 8.56. The molecular formula is C26H19BrFN3O3S. The third kappa shape index (κ3) is 3.79. The Balaban J connectivity index is 1.79. The smallest absolute Gasteiger partial charge is 0.265 e. The minimum absolute atomic E-state index is 0.00182. The number of rotatable bonds is 3. The number of para-hydroxylation sites is 1. The summed E-state index contributed by atoms with van der Waals surface area (Å²) in [6.45, 7) is 1.98. The van der Waals surface area contributed by atoms with Crippen LogP contribution in [0.25, 0.3) is 5.76 Å². The number of benzene rings is 3. The van der Waals surface area contributed by atoms with Gasteiger partial charge < -0.3 is 10.5 Å². The molecule has 0 amide bonds. The zero-order valence-electron chi connectivity index (χ0n) is 18.5. The molecule has 5 rings (SSSR count). The number of nitrogens with zero attached hydrogens (tertiary/aromatic N) is 2. The fourth-order valence-electron chi connectivity index (χ4n) is 4.50. The normalized spacial score (nSPS) is 18.5. The molecule has 6 nitrogen and oxygen atoms in total. The second-order valence-electron chi connectivity index (χ2n) is 8.30. The Labute approximate surface area is 210 Å². The zero-order valence-corrected chi connectivity index (χ0v) is 20.9. The van der Waals surface area contributed by atoms with Crippen LogP contribution >= 0.6 is 15.9 Å². The third-order valence-corrected chi connectivity index (χ3v) is 8.41. The predicted molar refractivity (Wildman–Crippen MR) is 134 cm³/mol. The van der Waals surface area contributed by atoms with Gasteiger partial charge in [-0.15, -0.1) is 0 Å². The summed E-state index contributed by atoms with van der Waals surface area (Å²) in [4.78, 5) is -0.216. The molecule has 0 saturated carbocycles. The van der Waals surface area contributed by atoms with Crippen LogP contribution < -0.4 is 10.0 Å². The average Bonchev–Trinajstić information content (AvgIpc) is 2.82. The molecule has 9 heteroatoms. The molecule has 2 N–H and O–H groups in total. The molecule has 2 aliphatic rings. The van der Waals surface area contributed by atoms with Gasteiger partial charge in [-0.2, -0.15) is 5.26 Å². The number of hydrogen-bond acceptors (Lipinski definition) is 5. The maximum absolute atomic E-state index is 15.1. The van der Waals surface area contributed by atoms with Crippen LogP contribution in [0.2, 0.25) is 0 Å². The first-order valence-corrected chi connectivity index (χ1v) is 12.9. The van der Waals surface area contributed by atoms with Crippen LogP contribution in [-0.2, 0) is 21.3 Å². The number of allylic oxidation sites excluding steroid dienone is 2. The van der Waals surface area contributed by atoms with Crippen molar-refractivity contribution in [3.63, 3.8) is 0 Å². The number of fused-ring (bicyclic) bond motifs is 2. The fourth-order valence-corrected chi connectivity index (χ4v) is 6.79. The summed E-state index contributed by atoms with van der Waals surface area (Å²) in [5.41, 5.74) is 8.60. The summed E-state index contributed by atoms with van der Waals surface area (Å²) in [7, 11) is -4.28. The van der Waals surface area contributed by atoms with Crippen molar-refractivity contribution >= 4 is 37.4 Å². The van der Waals surface area contributed by atoms with E-state index in [-0.39, 0.29) is 34.2 Å². The molecule has 0 spiro atoms. The van der Waals surface area contributed by atoms with E-state index >= 15 is 4.39 Å². The summed E-state index contributed by atoms with van der Waals surface area (Å²) in [5.74, 6) is -2.19. The van der Waals surface area contributed by atoms with Crippen LogP contribution in [0.1, 0.15) is 28.2 Å². The molecule has 0 aliphatic carbocycles. The molecule has 2 aliphatic heterocycles. The van der Waals surface area contributed by atoms with Gasteiger partial charge in [-0.05, 0) is 42.8 Å². The van der Waals surface area contributed by atoms with E-state index in [1.165, 1.54) is 22.5 Å². The lowest BCUT2D eigenvalue weighted by Gasteiger charge is -2.38. The number of aryl methyl sites for hydroxylation is 1. The molecule has 0 radical (unpaired) electrons. The Hall–Kier alpha value is -3.61. The van der Waals surface area contributed by atoms with Crippen molar-refractivity contribution in [1.29, 1.82) is 5.26 Å². The van der Waals surface area contributed by atoms with E-state index in [2.05, 4.69) is 15.9 Å². The van der Waals surface area contributed by atoms with Gasteiger partial charge in [0.25, 0.3) is 10.0 Å². The predicted octanol–water partition coefficient (Wildman–Crippen LogP) is 5.42. The van der Waals surface area contributed by atoms with Crippen molar-refractivity contribution in [3.8, 4) is 6.07 Å². The molecule has 3 aromatic carbocycles. The lowest BCUT2D eigenvalue weighted by atomic mass is 9.88. The lowest BCUT2D eigenvalue weighted by molar-refractivity contribution is 0.357. The van der Waals surface area contributed by atoms with Crippen LogP contribution in [0.5, 0.6) is 0 Å². The van der Waals surface area contributed by atoms with Crippen molar-refractivity contribution in [2.75, 3.05) is 4.31 Å². The standard InChI is InChI=1S/C26H19BrFN3O3S/c1-15-5-4-6-16(11-15)14-31-22-8-3-2-7-18(22)24-25(35(31,32)33)23(20(13-29)26(30)34-24)19-12-17(27)9-10-21(19)28/h2-12,23H,14,30H2,1H3. The molecular weight excluding hydrogens is 533 g/mol. The van der Waals surface area contributed by atoms with E-state index in [9.17, 15) is 13.7 Å². The molecule has 1 unspecified atom stereocenters. The van der Waals surface area contributed by atoms with Crippen molar-refractivity contribution in [2.24, 2.45) is 5.73 Å². The van der Waals surface area contributed by atoms with Crippen molar-refractivity contribution in [1.82, 2.24) is 0 Å². The second-order valence-corrected chi connectivity index (χ2v) is 11.0. The number of ether oxygens (including phenoxy) is 1. The highest BCUT2D eigenvalue weighted by Crippen LogP contribution is 2.51. The number of halogens is 2. The SMILES string of the molecule is Cc1cccc(CN2c3ccccc3C3=C(C(c4cc(Br)ccc4F)C(C#N)=C(N)O3)S2(=O)=O)c1. The Bertz CT molecular complexity index is 1590. The summed E-state index contributed by atoms with van der Waals surface area (Å²) >= 11 is 3.32. The molecule has 176 valence electrons. The van der Waals surface area contributed by atoms with E-state index in [0.29, 0.717) is 15.7 Å². The van der Waals surface area contributed by atoms with Gasteiger partial charge in [-0.1, -0.05) is 57.9 Å². The largest absolute Gasteiger partial charge is 0.439 e. The maximum Gasteiger partial charge on any atom is 0.265 e. The highest BCUT2D eigenvalue weighted by Gasteiger charge is 2.47. The first-order valence-electron chi connectivity index (χ1n) is 10.7. The van der Waals surface area contributed by atoms with Crippen molar-refractivity contribution in [2.45, 2.75) is 19.4 Å². The van der Waals surface area contributed by atoms with Gasteiger partial charge in [-0.25, -0.2) is 12.8 Å². The molecule has 3 aromatic rings. The monoisotopic (exact) mass is 551 g/mol. The summed E-state index contributed by atoms with van der Waals surface area (Å²) in [6.07, 6.45) is 0. The van der Waals surface area contributed by atoms with E-state index in [1.807, 2.05) is 37.3 Å². The molecule has 0 saturated heterocycles. The number of anilines is 1.